The van der Waals surface area contributed by atoms with Gasteiger partial charge in [-0.1, -0.05) is 60.1 Å². The Balaban J connectivity index is 1.89. The molecule has 23 nitrogen and oxygen atoms in total. The first kappa shape index (κ1) is 66.3. The van der Waals surface area contributed by atoms with Crippen molar-refractivity contribution in [3.63, 3.8) is 0 Å². The van der Waals surface area contributed by atoms with Gasteiger partial charge in [-0.2, -0.15) is 0 Å². The maximum Gasteiger partial charge on any atom is 0.329 e. The molecule has 80 heavy (non-hydrogen) atoms. The number of nitrogens with one attached hydrogen (secondary N) is 3. The predicted molar refractivity (Wildman–Crippen MR) is 294 cm³/mol. The number of likely N-dealkylation sites (N-methyl/N-ethyl adjacent to an activating group) is 2. The van der Waals surface area contributed by atoms with E-state index in [2.05, 4.69) is 16.0 Å². The highest BCUT2D eigenvalue weighted by Gasteiger charge is 2.46. The second-order valence-electron chi connectivity index (χ2n) is 22.6. The van der Waals surface area contributed by atoms with Crippen LogP contribution in [-0.4, -0.2) is 196 Å². The largest absolute Gasteiger partial charge is 0.497 e. The predicted octanol–water partition coefficient (Wildman–Crippen LogP) is 1.40. The van der Waals surface area contributed by atoms with Crippen LogP contribution in [0.4, 0.5) is 0 Å². The van der Waals surface area contributed by atoms with Gasteiger partial charge in [0.25, 0.3) is 5.91 Å². The topological polar surface area (TPSA) is 314 Å². The van der Waals surface area contributed by atoms with Crippen LogP contribution in [0.25, 0.3) is 0 Å². The van der Waals surface area contributed by atoms with E-state index in [0.29, 0.717) is 50.0 Å². The van der Waals surface area contributed by atoms with Crippen molar-refractivity contribution >= 4 is 59.1 Å². The van der Waals surface area contributed by atoms with E-state index >= 15 is 4.79 Å². The van der Waals surface area contributed by atoms with Crippen LogP contribution < -0.4 is 26.4 Å². The van der Waals surface area contributed by atoms with Gasteiger partial charge in [0.1, 0.15) is 54.2 Å². The van der Waals surface area contributed by atoms with E-state index in [4.69, 9.17) is 19.9 Å². The zero-order chi connectivity index (χ0) is 59.9. The number of rotatable bonds is 17. The Kier molecular flexibility index (Phi) is 25.3. The molecule has 0 bridgehead atoms. The van der Waals surface area contributed by atoms with Crippen LogP contribution in [0.1, 0.15) is 132 Å². The number of benzene rings is 1. The van der Waals surface area contributed by atoms with E-state index < -0.39 is 150 Å². The minimum absolute atomic E-state index is 0.0683. The number of ketones is 1. The minimum atomic E-state index is -1.77. The van der Waals surface area contributed by atoms with E-state index in [0.717, 1.165) is 0 Å². The Morgan fingerprint density at radius 2 is 1.55 bits per heavy atom. The average molecular weight is 1130 g/mol. The highest BCUT2D eigenvalue weighted by molar-refractivity contribution is 6.05. The van der Waals surface area contributed by atoms with Crippen molar-refractivity contribution in [1.29, 1.82) is 0 Å². The molecule has 3 fully saturated rings. The highest BCUT2D eigenvalue weighted by atomic mass is 16.6. The van der Waals surface area contributed by atoms with Crippen molar-refractivity contribution in [2.45, 2.75) is 200 Å². The molecule has 13 atom stereocenters. The van der Waals surface area contributed by atoms with Gasteiger partial charge in [0, 0.05) is 33.6 Å². The number of Topliss-reactive ketones (excluding diaryl/α,β-unsaturated/α-hetero) is 1. The first-order chi connectivity index (χ1) is 37.7. The van der Waals surface area contributed by atoms with Gasteiger partial charge in [-0.15, -0.1) is 0 Å². The fraction of sp³-hybridized carbons (Fsp3) is 0.719. The number of aliphatic hydroxyl groups is 2. The van der Waals surface area contributed by atoms with E-state index in [1.807, 2.05) is 13.8 Å². The third-order valence-corrected chi connectivity index (χ3v) is 15.7. The van der Waals surface area contributed by atoms with Gasteiger partial charge in [0.05, 0.1) is 31.6 Å². The standard InChI is InChI=1S/C57H90N8O15/c1-13-33(6)46-44(67)30-45(68)80-49(32(4)5)48(69)34(7)50(70)59-39(18-14-15-25-58)54(74)65-27-17-20-41(65)56(76)63(11)43(29-37-21-23-38(78-12)24-22-37)57(77)79-36(9)47(52(72)60-46)61-51(71)42(28-31(2)3)62(10)55(75)40-19-16-26-64(40)53(73)35(8)66/h21-24,31-36,39-44,46-47,49,66-67H,13-20,25-30,58H2,1-12H3,(H,59,70)(H,60,72)(H,61,71)/t33-,34-,35?,36+,39-,40-,41-,42+,43-,44-,46+,47-,49-/m0/s1. The molecule has 448 valence electrons. The number of hydrogen-bond acceptors (Lipinski definition) is 16. The molecule has 4 rings (SSSR count). The van der Waals surface area contributed by atoms with Gasteiger partial charge in [-0.05, 0) is 114 Å². The molecule has 7 amide bonds. The van der Waals surface area contributed by atoms with Crippen LogP contribution in [0.2, 0.25) is 0 Å². The summed E-state index contributed by atoms with van der Waals surface area (Å²) < 4.78 is 17.2. The van der Waals surface area contributed by atoms with Crippen LogP contribution in [0, 0.1) is 23.7 Å². The number of fused-ring (bicyclic) bond motifs is 1. The summed E-state index contributed by atoms with van der Waals surface area (Å²) in [7, 11) is 4.28. The third kappa shape index (κ3) is 17.2. The van der Waals surface area contributed by atoms with E-state index in [1.54, 1.807) is 52.0 Å². The zero-order valence-electron chi connectivity index (χ0n) is 48.9. The van der Waals surface area contributed by atoms with Crippen LogP contribution in [-0.2, 0) is 63.8 Å². The van der Waals surface area contributed by atoms with E-state index in [1.165, 1.54) is 61.6 Å². The van der Waals surface area contributed by atoms with Gasteiger partial charge in [0.15, 0.2) is 11.9 Å². The Morgan fingerprint density at radius 3 is 2.14 bits per heavy atom. The van der Waals surface area contributed by atoms with Crippen LogP contribution in [0.5, 0.6) is 5.75 Å². The number of likely N-dealkylation sites (tertiary alicyclic amines) is 1. The molecule has 1 aromatic carbocycles. The Labute approximate surface area is 471 Å². The lowest BCUT2D eigenvalue weighted by atomic mass is 9.91. The second-order valence-corrected chi connectivity index (χ2v) is 22.6. The molecule has 1 aromatic rings. The normalized spacial score (nSPS) is 27.4. The lowest BCUT2D eigenvalue weighted by Gasteiger charge is -2.36. The molecule has 0 radical (unpaired) electrons. The second kappa shape index (κ2) is 30.6. The SMILES string of the molecule is CC[C@H](C)[C@H]1NC(=O)[C@@H](NC(=O)[C@@H](CC(C)C)N(C)C(=O)[C@@H]2CCCN2C(=O)C(C)O)[C@@H](C)OC(=O)[C@H](Cc2ccc(OC)cc2)N(C)C(=O)[C@@H]2CCCN2C(=O)[C@H](CCCCN)NC(=O)[C@@H](C)C(=O)[C@H](C(C)C)OC(=O)C[C@@H]1O. The number of carbonyl (C=O) groups excluding carboxylic acids is 10. The Hall–Kier alpha value is -6.20. The maximum absolute atomic E-state index is 15.0. The summed E-state index contributed by atoms with van der Waals surface area (Å²) in [6, 6.07) is -2.28. The molecular formula is C57H90N8O15. The number of ether oxygens (including phenoxy) is 3. The Morgan fingerprint density at radius 1 is 0.900 bits per heavy atom. The van der Waals surface area contributed by atoms with Crippen LogP contribution in [0.3, 0.4) is 0 Å². The van der Waals surface area contributed by atoms with E-state index in [9.17, 15) is 53.4 Å². The maximum atomic E-state index is 15.0. The molecule has 7 N–H and O–H groups in total. The molecule has 0 saturated carbocycles. The number of aliphatic hydroxyl groups excluding tert-OH is 2. The first-order valence-electron chi connectivity index (χ1n) is 28.4. The first-order valence-corrected chi connectivity index (χ1v) is 28.4. The highest BCUT2D eigenvalue weighted by Crippen LogP contribution is 2.27. The van der Waals surface area contributed by atoms with Gasteiger partial charge < -0.3 is 65.7 Å². The zero-order valence-corrected chi connectivity index (χ0v) is 48.9. The fourth-order valence-corrected chi connectivity index (χ4v) is 10.6. The molecule has 0 aromatic heterocycles. The average Bonchev–Trinajstić information content (AvgIpc) is 4.20. The third-order valence-electron chi connectivity index (χ3n) is 15.7. The number of hydrogen-bond donors (Lipinski definition) is 6. The van der Waals surface area contributed by atoms with Crippen molar-refractivity contribution in [3.05, 3.63) is 29.8 Å². The molecule has 3 saturated heterocycles. The number of amides is 7. The summed E-state index contributed by atoms with van der Waals surface area (Å²) >= 11 is 0. The number of carbonyl (C=O) groups is 10. The molecule has 3 aliphatic heterocycles. The summed E-state index contributed by atoms with van der Waals surface area (Å²) in [6.45, 7) is 14.9. The van der Waals surface area contributed by atoms with Gasteiger partial charge in [-0.3, -0.25) is 43.2 Å². The molecule has 0 aliphatic carbocycles. The molecular weight excluding hydrogens is 1040 g/mol. The van der Waals surface area contributed by atoms with Crippen molar-refractivity contribution in [3.8, 4) is 5.75 Å². The number of methoxy groups -OCH3 is 1. The molecule has 3 aliphatic rings. The fourth-order valence-electron chi connectivity index (χ4n) is 10.6. The number of nitrogens with zero attached hydrogens (tertiary/aromatic N) is 4. The molecule has 3 heterocycles. The molecule has 1 unspecified atom stereocenters. The quantitative estimate of drug-likeness (QED) is 0.0730. The summed E-state index contributed by atoms with van der Waals surface area (Å²) in [5.74, 6) is -10.3. The van der Waals surface area contributed by atoms with Crippen LogP contribution >= 0.6 is 0 Å². The number of esters is 2. The summed E-state index contributed by atoms with van der Waals surface area (Å²) in [4.78, 5) is 149. The summed E-state index contributed by atoms with van der Waals surface area (Å²) in [6.07, 6.45) is -4.21. The Bertz CT molecular complexity index is 2330. The lowest BCUT2D eigenvalue weighted by molar-refractivity contribution is -0.163. The smallest absolute Gasteiger partial charge is 0.329 e. The van der Waals surface area contributed by atoms with Gasteiger partial charge in [-0.25, -0.2) is 4.79 Å². The number of unbranched alkanes of at least 4 members (excludes halogenated alkanes) is 1. The number of nitrogens with two attached hydrogens (primary N) is 1. The van der Waals surface area contributed by atoms with Crippen molar-refractivity contribution < 1.29 is 72.4 Å². The lowest BCUT2D eigenvalue weighted by Crippen LogP contribution is -2.62. The van der Waals surface area contributed by atoms with Crippen molar-refractivity contribution in [2.75, 3.05) is 40.8 Å². The minimum Gasteiger partial charge on any atom is -0.497 e. The van der Waals surface area contributed by atoms with Gasteiger partial charge >= 0.3 is 11.9 Å². The summed E-state index contributed by atoms with van der Waals surface area (Å²) in [5, 5.41) is 30.2. The van der Waals surface area contributed by atoms with Gasteiger partial charge in [0.2, 0.25) is 35.4 Å². The molecule has 0 spiro atoms. The van der Waals surface area contributed by atoms with Crippen LogP contribution in [0.15, 0.2) is 24.3 Å². The van der Waals surface area contributed by atoms with E-state index in [-0.39, 0.29) is 51.1 Å². The number of cyclic esters (lactones) is 2. The van der Waals surface area contributed by atoms with Crippen molar-refractivity contribution in [2.24, 2.45) is 29.4 Å². The summed E-state index contributed by atoms with van der Waals surface area (Å²) in [5.41, 5.74) is 6.37. The molecule has 23 heteroatoms. The van der Waals surface area contributed by atoms with Crippen molar-refractivity contribution in [1.82, 2.24) is 35.6 Å². The monoisotopic (exact) mass is 1130 g/mol.